The van der Waals surface area contributed by atoms with Crippen LogP contribution in [0, 0.1) is 5.92 Å². The summed E-state index contributed by atoms with van der Waals surface area (Å²) in [7, 11) is -4.32. The molecule has 2 amide bonds. The first-order valence-electron chi connectivity index (χ1n) is 7.56. The van der Waals surface area contributed by atoms with Crippen molar-refractivity contribution in [1.82, 2.24) is 10.0 Å². The fraction of sp³-hybridized carbons (Fsp3) is 0.467. The second-order valence-electron chi connectivity index (χ2n) is 5.88. The average molecular weight is 395 g/mol. The molecule has 3 N–H and O–H groups in total. The lowest BCUT2D eigenvalue weighted by Crippen LogP contribution is -2.46. The number of halogens is 3. The SMILES string of the molecule is CC(=O)N[C@H](C(=O)Nc1ccc(S(=O)(=O)NCC(F)(F)F)cc1)C(C)C. The third-order valence-corrected chi connectivity index (χ3v) is 4.62. The van der Waals surface area contributed by atoms with Crippen LogP contribution in [0.25, 0.3) is 0 Å². The summed E-state index contributed by atoms with van der Waals surface area (Å²) in [5, 5.41) is 5.02. The minimum atomic E-state index is -4.67. The van der Waals surface area contributed by atoms with E-state index in [4.69, 9.17) is 0 Å². The minimum Gasteiger partial charge on any atom is -0.344 e. The lowest BCUT2D eigenvalue weighted by molar-refractivity contribution is -0.126. The Hall–Kier alpha value is -2.14. The van der Waals surface area contributed by atoms with Crippen molar-refractivity contribution in [2.75, 3.05) is 11.9 Å². The van der Waals surface area contributed by atoms with Crippen molar-refractivity contribution < 1.29 is 31.2 Å². The zero-order valence-electron chi connectivity index (χ0n) is 14.3. The molecule has 1 aromatic carbocycles. The van der Waals surface area contributed by atoms with Crippen molar-refractivity contribution in [3.8, 4) is 0 Å². The molecule has 0 saturated heterocycles. The zero-order chi connectivity index (χ0) is 20.1. The molecule has 0 aliphatic rings. The molecule has 1 rings (SSSR count). The standard InChI is InChI=1S/C15H20F3N3O4S/c1-9(2)13(20-10(3)22)14(23)21-11-4-6-12(7-5-11)26(24,25)19-8-15(16,17)18/h4-7,9,13,19H,8H2,1-3H3,(H,20,22)(H,21,23)/t13-/m0/s1. The van der Waals surface area contributed by atoms with Gasteiger partial charge in [-0.25, -0.2) is 13.1 Å². The molecule has 0 fully saturated rings. The van der Waals surface area contributed by atoms with Crippen molar-refractivity contribution in [3.05, 3.63) is 24.3 Å². The average Bonchev–Trinajstić information content (AvgIpc) is 2.50. The van der Waals surface area contributed by atoms with E-state index in [0.29, 0.717) is 0 Å². The number of hydrogen-bond acceptors (Lipinski definition) is 4. The number of alkyl halides is 3. The first-order chi connectivity index (χ1) is 11.8. The Morgan fingerprint density at radius 2 is 1.65 bits per heavy atom. The number of hydrogen-bond donors (Lipinski definition) is 3. The molecule has 0 radical (unpaired) electrons. The largest absolute Gasteiger partial charge is 0.402 e. The summed E-state index contributed by atoms with van der Waals surface area (Å²) in [5.41, 5.74) is 0.237. The van der Waals surface area contributed by atoms with Crippen LogP contribution < -0.4 is 15.4 Å². The van der Waals surface area contributed by atoms with Gasteiger partial charge in [-0.3, -0.25) is 9.59 Å². The van der Waals surface area contributed by atoms with E-state index in [9.17, 15) is 31.2 Å². The van der Waals surface area contributed by atoms with Crippen LogP contribution in [0.5, 0.6) is 0 Å². The number of nitrogens with one attached hydrogen (secondary N) is 3. The fourth-order valence-electron chi connectivity index (χ4n) is 1.95. The van der Waals surface area contributed by atoms with Gasteiger partial charge in [0.2, 0.25) is 21.8 Å². The summed E-state index contributed by atoms with van der Waals surface area (Å²) in [5.74, 6) is -1.07. The Bertz CT molecular complexity index is 746. The van der Waals surface area contributed by atoms with Crippen LogP contribution in [0.1, 0.15) is 20.8 Å². The molecule has 0 aromatic heterocycles. The Morgan fingerprint density at radius 3 is 2.08 bits per heavy atom. The van der Waals surface area contributed by atoms with Crippen LogP contribution in [0.4, 0.5) is 18.9 Å². The molecule has 0 aliphatic carbocycles. The van der Waals surface area contributed by atoms with E-state index in [0.717, 1.165) is 12.1 Å². The topological polar surface area (TPSA) is 104 Å². The second-order valence-corrected chi connectivity index (χ2v) is 7.64. The Balaban J connectivity index is 2.84. The molecule has 146 valence electrons. The van der Waals surface area contributed by atoms with Gasteiger partial charge in [0.1, 0.15) is 12.6 Å². The number of rotatable bonds is 7. The molecule has 7 nitrogen and oxygen atoms in total. The molecule has 11 heteroatoms. The molecule has 0 spiro atoms. The summed E-state index contributed by atoms with van der Waals surface area (Å²) in [6.45, 7) is 3.07. The quantitative estimate of drug-likeness (QED) is 0.653. The van der Waals surface area contributed by atoms with Gasteiger partial charge in [0, 0.05) is 12.6 Å². The van der Waals surface area contributed by atoms with Gasteiger partial charge < -0.3 is 10.6 Å². The van der Waals surface area contributed by atoms with Gasteiger partial charge in [0.25, 0.3) is 0 Å². The van der Waals surface area contributed by atoms with Gasteiger partial charge in [-0.05, 0) is 30.2 Å². The first kappa shape index (κ1) is 21.9. The Labute approximate surface area is 149 Å². The molecule has 26 heavy (non-hydrogen) atoms. The predicted molar refractivity (Wildman–Crippen MR) is 88.8 cm³/mol. The predicted octanol–water partition coefficient (Wildman–Crippen LogP) is 1.63. The maximum absolute atomic E-state index is 12.2. The molecular weight excluding hydrogens is 375 g/mol. The van der Waals surface area contributed by atoms with E-state index in [1.54, 1.807) is 13.8 Å². The Morgan fingerprint density at radius 1 is 1.12 bits per heavy atom. The molecule has 0 saturated carbocycles. The van der Waals surface area contributed by atoms with Crippen molar-refractivity contribution >= 4 is 27.5 Å². The van der Waals surface area contributed by atoms with Crippen LogP contribution in [0.15, 0.2) is 29.2 Å². The maximum atomic E-state index is 12.2. The highest BCUT2D eigenvalue weighted by Gasteiger charge is 2.30. The fourth-order valence-corrected chi connectivity index (χ4v) is 2.97. The molecule has 0 unspecified atom stereocenters. The third kappa shape index (κ3) is 7.00. The third-order valence-electron chi connectivity index (χ3n) is 3.20. The lowest BCUT2D eigenvalue weighted by Gasteiger charge is -2.21. The smallest absolute Gasteiger partial charge is 0.344 e. The molecule has 0 heterocycles. The minimum absolute atomic E-state index is 0.190. The normalized spacial score (nSPS) is 13.3. The van der Waals surface area contributed by atoms with E-state index in [-0.39, 0.29) is 22.4 Å². The number of sulfonamides is 1. The highest BCUT2D eigenvalue weighted by atomic mass is 32.2. The lowest BCUT2D eigenvalue weighted by atomic mass is 10.0. The summed E-state index contributed by atoms with van der Waals surface area (Å²) in [6, 6.07) is 3.83. The van der Waals surface area contributed by atoms with E-state index < -0.39 is 34.7 Å². The van der Waals surface area contributed by atoms with Crippen molar-refractivity contribution in [2.24, 2.45) is 5.92 Å². The summed E-state index contributed by atoms with van der Waals surface area (Å²) >= 11 is 0. The highest BCUT2D eigenvalue weighted by molar-refractivity contribution is 7.89. The number of amides is 2. The van der Waals surface area contributed by atoms with Gasteiger partial charge in [-0.1, -0.05) is 13.8 Å². The first-order valence-corrected chi connectivity index (χ1v) is 9.04. The van der Waals surface area contributed by atoms with Gasteiger partial charge in [0.05, 0.1) is 4.90 Å². The van der Waals surface area contributed by atoms with E-state index in [1.807, 2.05) is 0 Å². The molecule has 1 atom stereocenters. The molecule has 0 bridgehead atoms. The number of anilines is 1. The second kappa shape index (κ2) is 8.49. The van der Waals surface area contributed by atoms with Crippen molar-refractivity contribution in [3.63, 3.8) is 0 Å². The van der Waals surface area contributed by atoms with E-state index in [2.05, 4.69) is 10.6 Å². The summed E-state index contributed by atoms with van der Waals surface area (Å²) in [6.07, 6.45) is -4.67. The summed E-state index contributed by atoms with van der Waals surface area (Å²) < 4.78 is 61.4. The number of carbonyl (C=O) groups excluding carboxylic acids is 2. The Kier molecular flexibility index (Phi) is 7.16. The van der Waals surface area contributed by atoms with Crippen molar-refractivity contribution in [2.45, 2.75) is 37.9 Å². The zero-order valence-corrected chi connectivity index (χ0v) is 15.2. The van der Waals surface area contributed by atoms with Crippen LogP contribution >= 0.6 is 0 Å². The highest BCUT2D eigenvalue weighted by Crippen LogP contribution is 2.17. The summed E-state index contributed by atoms with van der Waals surface area (Å²) in [4.78, 5) is 23.0. The van der Waals surface area contributed by atoms with Gasteiger partial charge in [-0.2, -0.15) is 13.2 Å². The van der Waals surface area contributed by atoms with Crippen LogP contribution in [-0.2, 0) is 19.6 Å². The monoisotopic (exact) mass is 395 g/mol. The van der Waals surface area contributed by atoms with Gasteiger partial charge >= 0.3 is 6.18 Å². The molecular formula is C15H20F3N3O4S. The maximum Gasteiger partial charge on any atom is 0.402 e. The number of carbonyl (C=O) groups is 2. The van der Waals surface area contributed by atoms with Gasteiger partial charge in [-0.15, -0.1) is 0 Å². The van der Waals surface area contributed by atoms with E-state index >= 15 is 0 Å². The number of benzene rings is 1. The molecule has 1 aromatic rings. The van der Waals surface area contributed by atoms with Crippen LogP contribution in [-0.4, -0.2) is 39.0 Å². The molecule has 0 aliphatic heterocycles. The van der Waals surface area contributed by atoms with Crippen molar-refractivity contribution in [1.29, 1.82) is 0 Å². The van der Waals surface area contributed by atoms with Crippen LogP contribution in [0.2, 0.25) is 0 Å². The van der Waals surface area contributed by atoms with E-state index in [1.165, 1.54) is 23.8 Å². The van der Waals surface area contributed by atoms with Gasteiger partial charge in [0.15, 0.2) is 0 Å². The van der Waals surface area contributed by atoms with Crippen LogP contribution in [0.3, 0.4) is 0 Å².